The predicted molar refractivity (Wildman–Crippen MR) is 207 cm³/mol. The van der Waals surface area contributed by atoms with Crippen LogP contribution in [0.3, 0.4) is 0 Å². The maximum absolute atomic E-state index is 11.5. The molecule has 0 amide bonds. The van der Waals surface area contributed by atoms with Crippen LogP contribution < -0.4 is 9.47 Å². The van der Waals surface area contributed by atoms with Crippen molar-refractivity contribution in [2.24, 2.45) is 0 Å². The Morgan fingerprint density at radius 2 is 1.02 bits per heavy atom. The van der Waals surface area contributed by atoms with Crippen LogP contribution >= 0.6 is 0 Å². The molecular weight excluding hydrogens is 656 g/mol. The molecule has 2 unspecified atom stereocenters. The lowest BCUT2D eigenvalue weighted by Crippen LogP contribution is -2.37. The maximum Gasteiger partial charge on any atom is 0.330 e. The fraction of sp³-hybridized carbons (Fsp3) is 0.500. The number of benzene rings is 2. The number of phenolic OH excluding ortho intramolecular Hbond substituents is 2. The average Bonchev–Trinajstić information content (AvgIpc) is 3.06. The Labute approximate surface area is 309 Å². The van der Waals surface area contributed by atoms with Gasteiger partial charge in [0.25, 0.3) is 0 Å². The zero-order chi connectivity index (χ0) is 38.4. The van der Waals surface area contributed by atoms with Gasteiger partial charge >= 0.3 is 11.9 Å². The largest absolute Gasteiger partial charge is 0.507 e. The van der Waals surface area contributed by atoms with E-state index in [0.29, 0.717) is 48.0 Å². The molecule has 2 aromatic carbocycles. The van der Waals surface area contributed by atoms with E-state index in [9.17, 15) is 19.8 Å². The highest BCUT2D eigenvalue weighted by atomic mass is 16.5. The minimum atomic E-state index is -0.881. The van der Waals surface area contributed by atoms with Crippen LogP contribution in [-0.4, -0.2) is 43.6 Å². The van der Waals surface area contributed by atoms with Gasteiger partial charge in [-0.25, -0.2) is 9.59 Å². The first-order valence-electron chi connectivity index (χ1n) is 18.6. The van der Waals surface area contributed by atoms with Crippen molar-refractivity contribution in [3.8, 4) is 34.1 Å². The van der Waals surface area contributed by atoms with Crippen LogP contribution in [0.2, 0.25) is 0 Å². The molecule has 0 fully saturated rings. The van der Waals surface area contributed by atoms with Gasteiger partial charge in [-0.2, -0.15) is 0 Å². The number of carboxylic acids is 2. The third kappa shape index (κ3) is 9.90. The monoisotopic (exact) mass is 714 g/mol. The van der Waals surface area contributed by atoms with Gasteiger partial charge in [0, 0.05) is 33.4 Å². The van der Waals surface area contributed by atoms with Crippen LogP contribution in [0.1, 0.15) is 128 Å². The molecule has 0 radical (unpaired) electrons. The minimum Gasteiger partial charge on any atom is -0.507 e. The SMILES string of the molecule is C/C(=C/CC/C(C)=C/CCC1(C)CCc2c(c(C)cc(O)c2-c2c(O)cc(C)c3c2CCC(C)(CC/C=C(\C)CC/C=C(/C)C(=O)O)O3)O1)C(=O)O. The van der Waals surface area contributed by atoms with Gasteiger partial charge in [0.1, 0.15) is 34.2 Å². The Kier molecular flexibility index (Phi) is 13.1. The van der Waals surface area contributed by atoms with E-state index >= 15 is 0 Å². The maximum atomic E-state index is 11.5. The molecule has 8 nitrogen and oxygen atoms in total. The number of fused-ring (bicyclic) bond motifs is 2. The van der Waals surface area contributed by atoms with Crippen LogP contribution in [0.15, 0.2) is 58.7 Å². The second-order valence-electron chi connectivity index (χ2n) is 15.5. The first kappa shape index (κ1) is 40.3. The number of allylic oxidation sites excluding steroid dienone is 6. The molecule has 0 aliphatic carbocycles. The fourth-order valence-electron chi connectivity index (χ4n) is 7.40. The summed E-state index contributed by atoms with van der Waals surface area (Å²) >= 11 is 0. The zero-order valence-electron chi connectivity index (χ0n) is 32.4. The van der Waals surface area contributed by atoms with Crippen LogP contribution in [0.5, 0.6) is 23.0 Å². The summed E-state index contributed by atoms with van der Waals surface area (Å²) in [6.45, 7) is 15.6. The van der Waals surface area contributed by atoms with Crippen molar-refractivity contribution < 1.29 is 39.5 Å². The van der Waals surface area contributed by atoms with Gasteiger partial charge in [0.15, 0.2) is 0 Å². The number of aromatic hydroxyl groups is 2. The number of aryl methyl sites for hydroxylation is 2. The van der Waals surface area contributed by atoms with Gasteiger partial charge < -0.3 is 29.9 Å². The molecular formula is C44H58O8. The fourth-order valence-corrected chi connectivity index (χ4v) is 7.40. The van der Waals surface area contributed by atoms with Crippen molar-refractivity contribution in [2.45, 2.75) is 144 Å². The molecule has 2 atom stereocenters. The lowest BCUT2D eigenvalue weighted by Gasteiger charge is -2.39. The molecule has 52 heavy (non-hydrogen) atoms. The first-order valence-corrected chi connectivity index (χ1v) is 18.6. The zero-order valence-corrected chi connectivity index (χ0v) is 32.4. The lowest BCUT2D eigenvalue weighted by molar-refractivity contribution is -0.133. The summed E-state index contributed by atoms with van der Waals surface area (Å²) in [7, 11) is 0. The molecule has 0 spiro atoms. The van der Waals surface area contributed by atoms with Crippen LogP contribution in [0, 0.1) is 13.8 Å². The minimum absolute atomic E-state index is 0.123. The number of aliphatic carboxylic acids is 2. The number of hydrogen-bond donors (Lipinski definition) is 4. The number of ether oxygens (including phenoxy) is 2. The van der Waals surface area contributed by atoms with E-state index in [-0.39, 0.29) is 11.5 Å². The third-order valence-electron chi connectivity index (χ3n) is 10.8. The van der Waals surface area contributed by atoms with Crippen molar-refractivity contribution in [1.29, 1.82) is 0 Å². The average molecular weight is 715 g/mol. The molecule has 0 saturated carbocycles. The van der Waals surface area contributed by atoms with Crippen molar-refractivity contribution in [2.75, 3.05) is 0 Å². The summed E-state index contributed by atoms with van der Waals surface area (Å²) in [5.74, 6) is 0.0164. The standard InChI is InChI=1S/C44H58O8/c1-27(13-9-17-29(3)41(47)48)15-11-21-43(7)23-19-33-37(35(45)25-31(5)39(33)51-43)38-34-20-24-44(8,52-40(34)32(6)26-36(38)46)22-12-16-28(2)14-10-18-30(4)42(49)50/h15-18,25-26,45-46H,9-14,19-24H2,1-8H3,(H,47,48)(H,49,50)/b27-15+,28-16+,29-17-,30-18-. The topological polar surface area (TPSA) is 134 Å². The molecule has 0 bridgehead atoms. The number of carbonyl (C=O) groups is 2. The van der Waals surface area contributed by atoms with Gasteiger partial charge in [-0.1, -0.05) is 35.5 Å². The van der Waals surface area contributed by atoms with Crippen LogP contribution in [0.25, 0.3) is 11.1 Å². The lowest BCUT2D eigenvalue weighted by atomic mass is 9.80. The predicted octanol–water partition coefficient (Wildman–Crippen LogP) is 10.6. The van der Waals surface area contributed by atoms with Crippen molar-refractivity contribution in [3.63, 3.8) is 0 Å². The second kappa shape index (κ2) is 16.9. The van der Waals surface area contributed by atoms with E-state index in [1.807, 2.05) is 13.8 Å². The number of carboxylic acid groups (broad SMARTS) is 2. The van der Waals surface area contributed by atoms with E-state index in [0.717, 1.165) is 85.1 Å². The second-order valence-corrected chi connectivity index (χ2v) is 15.5. The summed E-state index contributed by atoms with van der Waals surface area (Å²) in [6, 6.07) is 3.48. The van der Waals surface area contributed by atoms with Crippen molar-refractivity contribution >= 4 is 11.9 Å². The van der Waals surface area contributed by atoms with Crippen LogP contribution in [-0.2, 0) is 22.4 Å². The Morgan fingerprint density at radius 3 is 1.37 bits per heavy atom. The summed E-state index contributed by atoms with van der Waals surface area (Å²) in [6.07, 6.45) is 17.2. The van der Waals surface area contributed by atoms with E-state index in [2.05, 4.69) is 39.8 Å². The van der Waals surface area contributed by atoms with Crippen molar-refractivity contribution in [1.82, 2.24) is 0 Å². The highest BCUT2D eigenvalue weighted by molar-refractivity contribution is 5.87. The summed E-state index contributed by atoms with van der Waals surface area (Å²) in [5, 5.41) is 41.1. The molecule has 2 aliphatic heterocycles. The molecule has 2 heterocycles. The van der Waals surface area contributed by atoms with Gasteiger partial charge in [-0.05, 0) is 156 Å². The van der Waals surface area contributed by atoms with Gasteiger partial charge in [-0.3, -0.25) is 0 Å². The van der Waals surface area contributed by atoms with E-state index in [1.165, 1.54) is 11.1 Å². The number of phenols is 2. The van der Waals surface area contributed by atoms with E-state index in [4.69, 9.17) is 19.7 Å². The Morgan fingerprint density at radius 1 is 0.654 bits per heavy atom. The normalized spacial score (nSPS) is 20.8. The summed E-state index contributed by atoms with van der Waals surface area (Å²) in [4.78, 5) is 22.1. The smallest absolute Gasteiger partial charge is 0.330 e. The summed E-state index contributed by atoms with van der Waals surface area (Å²) < 4.78 is 13.6. The molecule has 2 aromatic rings. The Balaban J connectivity index is 1.52. The highest BCUT2D eigenvalue weighted by Gasteiger charge is 2.38. The molecule has 0 saturated heterocycles. The molecule has 8 heteroatoms. The highest BCUT2D eigenvalue weighted by Crippen LogP contribution is 2.53. The molecule has 0 aromatic heterocycles. The molecule has 2 aliphatic rings. The van der Waals surface area contributed by atoms with E-state index < -0.39 is 23.1 Å². The number of rotatable bonds is 15. The number of hydrogen-bond acceptors (Lipinski definition) is 6. The van der Waals surface area contributed by atoms with Gasteiger partial charge in [-0.15, -0.1) is 0 Å². The van der Waals surface area contributed by atoms with Crippen molar-refractivity contribution in [3.05, 3.63) is 81.0 Å². The first-order chi connectivity index (χ1) is 24.4. The van der Waals surface area contributed by atoms with E-state index in [1.54, 1.807) is 38.1 Å². The molecule has 282 valence electrons. The molecule has 4 N–H and O–H groups in total. The third-order valence-corrected chi connectivity index (χ3v) is 10.8. The van der Waals surface area contributed by atoms with Gasteiger partial charge in [0.2, 0.25) is 0 Å². The molecule has 4 rings (SSSR count). The van der Waals surface area contributed by atoms with Crippen LogP contribution in [0.4, 0.5) is 0 Å². The quantitative estimate of drug-likeness (QED) is 0.106. The van der Waals surface area contributed by atoms with Gasteiger partial charge in [0.05, 0.1) is 0 Å². The Bertz CT molecular complexity index is 1680. The Hall–Kier alpha value is -4.46. The summed E-state index contributed by atoms with van der Waals surface area (Å²) in [5.41, 5.74) is 7.15.